The van der Waals surface area contributed by atoms with Crippen LogP contribution in [0.1, 0.15) is 39.6 Å². The molecule has 5 heteroatoms. The van der Waals surface area contributed by atoms with Crippen LogP contribution in [-0.2, 0) is 11.2 Å². The molecule has 1 heterocycles. The second-order valence-electron chi connectivity index (χ2n) is 4.78. The number of hydrogen-bond acceptors (Lipinski definition) is 3. The maximum absolute atomic E-state index is 11.2. The van der Waals surface area contributed by atoms with Crippen LogP contribution >= 0.6 is 0 Å². The van der Waals surface area contributed by atoms with Crippen LogP contribution < -0.4 is 0 Å². The van der Waals surface area contributed by atoms with Crippen LogP contribution in [0.4, 0.5) is 0 Å². The van der Waals surface area contributed by atoms with Gasteiger partial charge >= 0.3 is 5.97 Å². The minimum absolute atomic E-state index is 0.0133. The molecule has 0 aromatic carbocycles. The van der Waals surface area contributed by atoms with E-state index in [9.17, 15) is 9.90 Å². The second-order valence-corrected chi connectivity index (χ2v) is 4.78. The molecule has 1 aromatic rings. The smallest absolute Gasteiger partial charge is 0.327 e. The van der Waals surface area contributed by atoms with Gasteiger partial charge in [-0.15, -0.1) is 10.2 Å². The van der Waals surface area contributed by atoms with E-state index in [1.165, 1.54) is 6.33 Å². The molecule has 0 fully saturated rings. The molecule has 0 aliphatic rings. The van der Waals surface area contributed by atoms with Crippen molar-refractivity contribution in [1.82, 2.24) is 14.8 Å². The van der Waals surface area contributed by atoms with Gasteiger partial charge in [-0.3, -0.25) is 0 Å². The average molecular weight is 225 g/mol. The minimum atomic E-state index is -0.834. The van der Waals surface area contributed by atoms with Crippen LogP contribution in [0.2, 0.25) is 0 Å². The molecule has 0 aliphatic carbocycles. The van der Waals surface area contributed by atoms with E-state index in [2.05, 4.69) is 24.0 Å². The molecule has 0 amide bonds. The maximum atomic E-state index is 11.2. The summed E-state index contributed by atoms with van der Waals surface area (Å²) in [4.78, 5) is 11.2. The van der Waals surface area contributed by atoms with E-state index < -0.39 is 12.0 Å². The lowest BCUT2D eigenvalue weighted by molar-refractivity contribution is -0.142. The number of hydrogen-bond donors (Lipinski definition) is 1. The summed E-state index contributed by atoms with van der Waals surface area (Å²) in [5.74, 6) is 0.361. The molecule has 0 saturated heterocycles. The van der Waals surface area contributed by atoms with Gasteiger partial charge in [-0.1, -0.05) is 27.7 Å². The van der Waals surface area contributed by atoms with Gasteiger partial charge in [0, 0.05) is 6.42 Å². The lowest BCUT2D eigenvalue weighted by atomic mass is 10.0. The number of aromatic nitrogens is 3. The van der Waals surface area contributed by atoms with Crippen LogP contribution in [0.25, 0.3) is 0 Å². The first-order valence-electron chi connectivity index (χ1n) is 5.54. The van der Waals surface area contributed by atoms with E-state index in [0.29, 0.717) is 5.92 Å². The summed E-state index contributed by atoms with van der Waals surface area (Å²) in [6.45, 7) is 7.92. The summed E-state index contributed by atoms with van der Waals surface area (Å²) in [5, 5.41) is 17.0. The molecular formula is C11H19N3O2. The first-order valence-corrected chi connectivity index (χ1v) is 5.54. The lowest BCUT2D eigenvalue weighted by Gasteiger charge is -2.19. The highest BCUT2D eigenvalue weighted by Gasteiger charge is 2.26. The quantitative estimate of drug-likeness (QED) is 0.829. The molecule has 1 N–H and O–H groups in total. The zero-order chi connectivity index (χ0) is 12.3. The Bertz CT molecular complexity index is 358. The first kappa shape index (κ1) is 12.7. The van der Waals surface area contributed by atoms with Crippen molar-refractivity contribution in [3.63, 3.8) is 0 Å². The number of aliphatic carboxylic acids is 1. The van der Waals surface area contributed by atoms with Crippen LogP contribution in [0.3, 0.4) is 0 Å². The van der Waals surface area contributed by atoms with Gasteiger partial charge in [0.2, 0.25) is 0 Å². The predicted molar refractivity (Wildman–Crippen MR) is 60.1 cm³/mol. The topological polar surface area (TPSA) is 68.0 Å². The summed E-state index contributed by atoms with van der Waals surface area (Å²) in [6.07, 6.45) is 2.26. The van der Waals surface area contributed by atoms with E-state index in [-0.39, 0.29) is 5.92 Å². The Morgan fingerprint density at radius 2 is 2.06 bits per heavy atom. The molecule has 1 aromatic heterocycles. The third-order valence-corrected chi connectivity index (χ3v) is 2.42. The normalized spacial score (nSPS) is 13.4. The first-order chi connectivity index (χ1) is 7.43. The Morgan fingerprint density at radius 3 is 2.50 bits per heavy atom. The number of carbonyl (C=O) groups is 1. The molecular weight excluding hydrogens is 206 g/mol. The molecule has 0 aliphatic heterocycles. The number of nitrogens with zero attached hydrogens (tertiary/aromatic N) is 3. The van der Waals surface area contributed by atoms with Gasteiger partial charge in [-0.2, -0.15) is 0 Å². The van der Waals surface area contributed by atoms with Crippen molar-refractivity contribution in [2.24, 2.45) is 11.8 Å². The highest BCUT2D eigenvalue weighted by atomic mass is 16.4. The minimum Gasteiger partial charge on any atom is -0.480 e. The number of carboxylic acid groups (broad SMARTS) is 1. The van der Waals surface area contributed by atoms with Crippen LogP contribution in [0.15, 0.2) is 6.33 Å². The fourth-order valence-electron chi connectivity index (χ4n) is 1.74. The fraction of sp³-hybridized carbons (Fsp3) is 0.727. The fourth-order valence-corrected chi connectivity index (χ4v) is 1.74. The van der Waals surface area contributed by atoms with E-state index in [0.717, 1.165) is 12.2 Å². The number of rotatable bonds is 5. The van der Waals surface area contributed by atoms with Gasteiger partial charge < -0.3 is 9.67 Å². The monoisotopic (exact) mass is 225 g/mol. The van der Waals surface area contributed by atoms with Crippen molar-refractivity contribution in [2.45, 2.75) is 40.2 Å². The third kappa shape index (κ3) is 2.81. The van der Waals surface area contributed by atoms with E-state index in [4.69, 9.17) is 0 Å². The predicted octanol–water partition coefficient (Wildman–Crippen LogP) is 1.76. The van der Waals surface area contributed by atoms with Gasteiger partial charge in [0.15, 0.2) is 0 Å². The van der Waals surface area contributed by atoms with Gasteiger partial charge in [0.1, 0.15) is 18.2 Å². The van der Waals surface area contributed by atoms with Crippen molar-refractivity contribution in [3.05, 3.63) is 12.2 Å². The van der Waals surface area contributed by atoms with E-state index in [1.807, 2.05) is 13.8 Å². The van der Waals surface area contributed by atoms with Crippen molar-refractivity contribution < 1.29 is 9.90 Å². The van der Waals surface area contributed by atoms with E-state index in [1.54, 1.807) is 4.57 Å². The van der Waals surface area contributed by atoms with Crippen molar-refractivity contribution in [2.75, 3.05) is 0 Å². The zero-order valence-corrected chi connectivity index (χ0v) is 10.2. The Balaban J connectivity index is 3.01. The Kier molecular flexibility index (Phi) is 4.04. The molecule has 0 bridgehead atoms. The summed E-state index contributed by atoms with van der Waals surface area (Å²) in [5.41, 5.74) is 0. The summed E-state index contributed by atoms with van der Waals surface area (Å²) in [7, 11) is 0. The van der Waals surface area contributed by atoms with Gasteiger partial charge in [0.25, 0.3) is 0 Å². The third-order valence-electron chi connectivity index (χ3n) is 2.42. The molecule has 90 valence electrons. The van der Waals surface area contributed by atoms with Crippen LogP contribution in [-0.4, -0.2) is 25.8 Å². The van der Waals surface area contributed by atoms with Crippen molar-refractivity contribution in [3.8, 4) is 0 Å². The molecule has 0 saturated carbocycles. The summed E-state index contributed by atoms with van der Waals surface area (Å²) < 4.78 is 1.67. The number of carboxylic acids is 1. The van der Waals surface area contributed by atoms with Gasteiger partial charge in [0.05, 0.1) is 0 Å². The SMILES string of the molecule is CC(C)Cc1nncn1C(C(=O)O)C(C)C. The second kappa shape index (κ2) is 5.09. The molecule has 1 rings (SSSR count). The summed E-state index contributed by atoms with van der Waals surface area (Å²) >= 11 is 0. The van der Waals surface area contributed by atoms with Gasteiger partial charge in [-0.25, -0.2) is 4.79 Å². The average Bonchev–Trinajstić information content (AvgIpc) is 2.50. The van der Waals surface area contributed by atoms with E-state index >= 15 is 0 Å². The summed E-state index contributed by atoms with van der Waals surface area (Å²) in [6, 6.07) is -0.580. The molecule has 1 unspecified atom stereocenters. The maximum Gasteiger partial charge on any atom is 0.327 e. The Hall–Kier alpha value is -1.39. The lowest BCUT2D eigenvalue weighted by Crippen LogP contribution is -2.25. The highest BCUT2D eigenvalue weighted by molar-refractivity contribution is 5.72. The van der Waals surface area contributed by atoms with Gasteiger partial charge in [-0.05, 0) is 11.8 Å². The molecule has 0 radical (unpaired) electrons. The van der Waals surface area contributed by atoms with Crippen molar-refractivity contribution in [1.29, 1.82) is 0 Å². The molecule has 16 heavy (non-hydrogen) atoms. The van der Waals surface area contributed by atoms with Crippen LogP contribution in [0.5, 0.6) is 0 Å². The van der Waals surface area contributed by atoms with Crippen LogP contribution in [0, 0.1) is 11.8 Å². The Morgan fingerprint density at radius 1 is 1.44 bits per heavy atom. The molecule has 0 spiro atoms. The van der Waals surface area contributed by atoms with Crippen molar-refractivity contribution >= 4 is 5.97 Å². The zero-order valence-electron chi connectivity index (χ0n) is 10.2. The molecule has 1 atom stereocenters. The standard InChI is InChI=1S/C11H19N3O2/c1-7(2)5-9-13-12-6-14(9)10(8(3)4)11(15)16/h6-8,10H,5H2,1-4H3,(H,15,16). The largest absolute Gasteiger partial charge is 0.480 e. The molecule has 5 nitrogen and oxygen atoms in total. The highest BCUT2D eigenvalue weighted by Crippen LogP contribution is 2.20. The Labute approximate surface area is 95.5 Å².